The van der Waals surface area contributed by atoms with Gasteiger partial charge in [0.25, 0.3) is 0 Å². The monoisotopic (exact) mass is 1320 g/mol. The fourth-order valence-corrected chi connectivity index (χ4v) is 13.3. The first-order chi connectivity index (χ1) is 46.8. The van der Waals surface area contributed by atoms with Gasteiger partial charge in [-0.15, -0.1) is 0 Å². The summed E-state index contributed by atoms with van der Waals surface area (Å²) in [4.78, 5) is 0. The molecule has 11 rings (SSSR count). The number of benzene rings is 8. The molecule has 8 aromatic rings. The molecule has 16 heteroatoms. The maximum atomic E-state index is 12.3. The molecule has 3 aliphatic heterocycles. The predicted octanol–water partition coefficient (Wildman–Crippen LogP) is 14.3. The minimum atomic E-state index is -2.52. The molecule has 0 amide bonds. The second-order valence-corrected chi connectivity index (χ2v) is 31.2. The van der Waals surface area contributed by atoms with Crippen molar-refractivity contribution in [1.29, 1.82) is 0 Å². The normalized spacial score (nSPS) is 26.3. The molecule has 3 saturated heterocycles. The van der Waals surface area contributed by atoms with Crippen molar-refractivity contribution in [3.05, 3.63) is 287 Å². The second-order valence-electron chi connectivity index (χ2n) is 26.4. The van der Waals surface area contributed by atoms with E-state index in [4.69, 9.17) is 66.0 Å². The van der Waals surface area contributed by atoms with Gasteiger partial charge in [-0.05, 0) is 69.6 Å². The van der Waals surface area contributed by atoms with Crippen LogP contribution >= 0.6 is 0 Å². The van der Waals surface area contributed by atoms with Crippen LogP contribution in [0.5, 0.6) is 0 Å². The van der Waals surface area contributed by atoms with E-state index in [-0.39, 0.29) is 71.1 Å². The van der Waals surface area contributed by atoms with Crippen molar-refractivity contribution in [1.82, 2.24) is 0 Å². The van der Waals surface area contributed by atoms with E-state index in [1.165, 1.54) is 0 Å². The Kier molecular flexibility index (Phi) is 25.9. The third kappa shape index (κ3) is 19.8. The third-order valence-corrected chi connectivity index (χ3v) is 22.7. The quantitative estimate of drug-likeness (QED) is 0.0398. The average Bonchev–Trinajstić information content (AvgIpc) is 0.770. The first kappa shape index (κ1) is 70.7. The van der Waals surface area contributed by atoms with E-state index >= 15 is 0 Å². The van der Waals surface area contributed by atoms with Gasteiger partial charge < -0.3 is 71.1 Å². The van der Waals surface area contributed by atoms with E-state index in [1.807, 2.05) is 237 Å². The van der Waals surface area contributed by atoms with Gasteiger partial charge in [-0.2, -0.15) is 0 Å². The van der Waals surface area contributed by atoms with Crippen LogP contribution in [0.15, 0.2) is 243 Å². The zero-order valence-corrected chi connectivity index (χ0v) is 57.0. The first-order valence-corrected chi connectivity index (χ1v) is 36.5. The summed E-state index contributed by atoms with van der Waals surface area (Å²) in [7, 11) is -2.52. The zero-order chi connectivity index (χ0) is 66.5. The summed E-state index contributed by atoms with van der Waals surface area (Å²) in [6.45, 7) is 14.7. The number of aliphatic hydroxyl groups excluding tert-OH is 1. The van der Waals surface area contributed by atoms with Crippen molar-refractivity contribution in [3.63, 3.8) is 0 Å². The minimum Gasteiger partial charge on any atom is -0.409 e. The lowest BCUT2D eigenvalue weighted by Crippen LogP contribution is -2.68. The van der Waals surface area contributed by atoms with Gasteiger partial charge >= 0.3 is 0 Å². The molecular formula is C80H94O15Si. The highest BCUT2D eigenvalue weighted by molar-refractivity contribution is 6.74. The van der Waals surface area contributed by atoms with E-state index in [0.717, 1.165) is 44.5 Å². The Morgan fingerprint density at radius 2 is 0.583 bits per heavy atom. The number of hydrogen-bond donors (Lipinski definition) is 1. The number of ether oxygens (including phenoxy) is 13. The standard InChI is InChI=1S/C80H94O15Si/c1-57-68(95-96(5,6)80(2,3)4)71(84-49-60-35-19-9-20-36-60)75(88-53-64-43-27-13-28-44-64)78(90-57)93-70-67(56-83-48-59-33-17-8-18-34-59)92-79(76(89-54-65-45-29-14-30-46-65)73(70)86-51-62-39-23-11-24-40-62)94-69-66(55-82-47-58-31-15-7-16-32-58)91-77(81)74(87-52-63-41-25-12-26-42-63)72(69)85-50-61-37-21-10-22-38-61/h7-46,57,66-79,81H,47-56H2,1-6H3/t57-,66-,67-,68+,69-,70-,71+,72+,73+,74-,75-,76-,77-,78-,79-/m1/s1. The van der Waals surface area contributed by atoms with Crippen LogP contribution in [-0.4, -0.2) is 119 Å². The molecule has 0 spiro atoms. The zero-order valence-electron chi connectivity index (χ0n) is 56.0. The van der Waals surface area contributed by atoms with Gasteiger partial charge in [0, 0.05) is 0 Å². The van der Waals surface area contributed by atoms with Gasteiger partial charge in [0.2, 0.25) is 0 Å². The van der Waals surface area contributed by atoms with Gasteiger partial charge in [0.1, 0.15) is 61.0 Å². The maximum absolute atomic E-state index is 12.3. The summed E-state index contributed by atoms with van der Waals surface area (Å²) >= 11 is 0. The molecule has 3 fully saturated rings. The number of hydrogen-bond acceptors (Lipinski definition) is 15. The Morgan fingerprint density at radius 1 is 0.323 bits per heavy atom. The highest BCUT2D eigenvalue weighted by atomic mass is 28.4. The van der Waals surface area contributed by atoms with Gasteiger partial charge in [-0.3, -0.25) is 0 Å². The van der Waals surface area contributed by atoms with Crippen LogP contribution in [0.2, 0.25) is 18.1 Å². The van der Waals surface area contributed by atoms with Crippen molar-refractivity contribution < 1.29 is 71.1 Å². The molecule has 0 unspecified atom stereocenters. The van der Waals surface area contributed by atoms with E-state index in [1.54, 1.807) is 0 Å². The summed E-state index contributed by atoms with van der Waals surface area (Å²) < 4.78 is 101. The van der Waals surface area contributed by atoms with Crippen LogP contribution in [0, 0.1) is 0 Å². The smallest absolute Gasteiger partial charge is 0.192 e. The Bertz CT molecular complexity index is 3450. The molecule has 96 heavy (non-hydrogen) atoms. The highest BCUT2D eigenvalue weighted by Crippen LogP contribution is 2.43. The lowest BCUT2D eigenvalue weighted by atomic mass is 9.95. The van der Waals surface area contributed by atoms with Gasteiger partial charge in [0.05, 0.1) is 78.3 Å². The lowest BCUT2D eigenvalue weighted by molar-refractivity contribution is -0.391. The van der Waals surface area contributed by atoms with Crippen LogP contribution in [-0.2, 0) is 119 Å². The summed E-state index contributed by atoms with van der Waals surface area (Å²) in [5, 5.41) is 12.2. The molecule has 508 valence electrons. The van der Waals surface area contributed by atoms with E-state index in [2.05, 4.69) is 46.0 Å². The summed E-state index contributed by atoms with van der Waals surface area (Å²) in [5.74, 6) is 0. The molecule has 0 radical (unpaired) electrons. The molecular weight excluding hydrogens is 1230 g/mol. The molecule has 0 aliphatic carbocycles. The fourth-order valence-electron chi connectivity index (χ4n) is 12.0. The molecule has 0 aromatic heterocycles. The molecule has 15 atom stereocenters. The van der Waals surface area contributed by atoms with Crippen LogP contribution in [0.25, 0.3) is 0 Å². The fraction of sp³-hybridized carbons (Fsp3) is 0.400. The molecule has 3 aliphatic rings. The van der Waals surface area contributed by atoms with E-state index in [9.17, 15) is 5.11 Å². The van der Waals surface area contributed by atoms with Gasteiger partial charge in [-0.1, -0.05) is 263 Å². The second kappa shape index (κ2) is 35.2. The van der Waals surface area contributed by atoms with Crippen LogP contribution in [0.3, 0.4) is 0 Å². The SMILES string of the molecule is C[C@H]1O[C@H](O[C@H]2[C@H](OCc3ccccc3)[C@@H](OCc3ccccc3)[C@@H](O[C@H]3[C@H](OCc4ccccc4)[C@@H](OCc4ccccc4)[C@H](O)O[C@@H]3COCc3ccccc3)O[C@@H]2COCc2ccccc2)[C@H](OCc2ccccc2)[C@@H](OCc2ccccc2)[C@H]1O[Si](C)(C)C(C)(C)C. The molecule has 3 heterocycles. The van der Waals surface area contributed by atoms with E-state index < -0.39 is 100 Å². The van der Waals surface area contributed by atoms with Crippen molar-refractivity contribution >= 4 is 8.32 Å². The number of rotatable bonds is 32. The Balaban J connectivity index is 1.03. The van der Waals surface area contributed by atoms with Crippen LogP contribution in [0.4, 0.5) is 0 Å². The van der Waals surface area contributed by atoms with Crippen molar-refractivity contribution in [2.75, 3.05) is 13.2 Å². The average molecular weight is 1320 g/mol. The predicted molar refractivity (Wildman–Crippen MR) is 368 cm³/mol. The van der Waals surface area contributed by atoms with E-state index in [0.29, 0.717) is 0 Å². The third-order valence-electron chi connectivity index (χ3n) is 18.2. The van der Waals surface area contributed by atoms with Gasteiger partial charge in [0.15, 0.2) is 27.2 Å². The largest absolute Gasteiger partial charge is 0.409 e. The lowest BCUT2D eigenvalue weighted by Gasteiger charge is -2.52. The van der Waals surface area contributed by atoms with Crippen molar-refractivity contribution in [3.8, 4) is 0 Å². The minimum absolute atomic E-state index is 0.0148. The molecule has 0 bridgehead atoms. The van der Waals surface area contributed by atoms with Crippen molar-refractivity contribution in [2.24, 2.45) is 0 Å². The first-order valence-electron chi connectivity index (χ1n) is 33.6. The summed E-state index contributed by atoms with van der Waals surface area (Å²) in [5.41, 5.74) is 7.44. The van der Waals surface area contributed by atoms with Crippen LogP contribution < -0.4 is 0 Å². The number of aliphatic hydroxyl groups is 1. The maximum Gasteiger partial charge on any atom is 0.192 e. The molecule has 1 N–H and O–H groups in total. The van der Waals surface area contributed by atoms with Crippen molar-refractivity contribution in [2.45, 2.75) is 191 Å². The highest BCUT2D eigenvalue weighted by Gasteiger charge is 2.57. The molecule has 0 saturated carbocycles. The molecule has 8 aromatic carbocycles. The van der Waals surface area contributed by atoms with Crippen LogP contribution in [0.1, 0.15) is 72.2 Å². The topological polar surface area (TPSA) is 149 Å². The Labute approximate surface area is 567 Å². The Hall–Kier alpha value is -6.62. The van der Waals surface area contributed by atoms with Gasteiger partial charge in [-0.25, -0.2) is 0 Å². The molecule has 15 nitrogen and oxygen atoms in total. The summed E-state index contributed by atoms with van der Waals surface area (Å²) in [6.07, 6.45) is -14.8. The summed E-state index contributed by atoms with van der Waals surface area (Å²) in [6, 6.07) is 79.7. The Morgan fingerprint density at radius 3 is 0.906 bits per heavy atom.